The Hall–Kier alpha value is -1.35. The molecule has 9 heteroatoms. The van der Waals surface area contributed by atoms with Gasteiger partial charge in [0.2, 0.25) is 5.28 Å². The van der Waals surface area contributed by atoms with E-state index in [0.29, 0.717) is 17.1 Å². The molecule has 0 aliphatic rings. The molecule has 2 rings (SSSR count). The lowest BCUT2D eigenvalue weighted by atomic mass is 9.97. The number of aromatic nitrogens is 2. The molecule has 0 saturated heterocycles. The maximum absolute atomic E-state index is 12.2. The van der Waals surface area contributed by atoms with Gasteiger partial charge in [0.05, 0.1) is 0 Å². The number of hydrogen-bond acceptors (Lipinski definition) is 5. The van der Waals surface area contributed by atoms with Crippen LogP contribution in [-0.4, -0.2) is 29.6 Å². The minimum atomic E-state index is -3.87. The summed E-state index contributed by atoms with van der Waals surface area (Å²) in [5.74, 6) is 1.19. The third-order valence-electron chi connectivity index (χ3n) is 3.30. The van der Waals surface area contributed by atoms with Crippen LogP contribution in [0.4, 0.5) is 0 Å². The third kappa shape index (κ3) is 3.35. The van der Waals surface area contributed by atoms with Gasteiger partial charge in [-0.15, -0.1) is 0 Å². The molecule has 1 atom stereocenters. The van der Waals surface area contributed by atoms with E-state index < -0.39 is 15.6 Å². The highest BCUT2D eigenvalue weighted by atomic mass is 35.5. The first kappa shape index (κ1) is 17.0. The zero-order valence-corrected chi connectivity index (χ0v) is 14.3. The molecule has 2 N–H and O–H groups in total. The summed E-state index contributed by atoms with van der Waals surface area (Å²) in [6.45, 7) is 4.76. The number of imidazole rings is 1. The lowest BCUT2D eigenvalue weighted by Gasteiger charge is -2.22. The maximum Gasteiger partial charge on any atom is 0.259 e. The second kappa shape index (κ2) is 5.69. The van der Waals surface area contributed by atoms with Crippen molar-refractivity contribution in [1.82, 2.24) is 14.3 Å². The van der Waals surface area contributed by atoms with Crippen LogP contribution < -0.4 is 4.72 Å². The van der Waals surface area contributed by atoms with E-state index >= 15 is 0 Å². The number of sulfonamides is 1. The summed E-state index contributed by atoms with van der Waals surface area (Å²) < 4.78 is 33.5. The van der Waals surface area contributed by atoms with E-state index in [4.69, 9.17) is 16.0 Å². The van der Waals surface area contributed by atoms with Gasteiger partial charge in [0, 0.05) is 25.4 Å². The first-order valence-corrected chi connectivity index (χ1v) is 8.37. The monoisotopic (exact) mass is 347 g/mol. The predicted molar refractivity (Wildman–Crippen MR) is 81.2 cm³/mol. The average molecular weight is 348 g/mol. The predicted octanol–water partition coefficient (Wildman–Crippen LogP) is 1.47. The van der Waals surface area contributed by atoms with Crippen molar-refractivity contribution in [1.29, 1.82) is 0 Å². The van der Waals surface area contributed by atoms with Crippen molar-refractivity contribution in [3.8, 4) is 0 Å². The Bertz CT molecular complexity index is 773. The summed E-state index contributed by atoms with van der Waals surface area (Å²) in [5.41, 5.74) is -0.875. The van der Waals surface area contributed by atoms with Gasteiger partial charge >= 0.3 is 0 Å². The first-order chi connectivity index (χ1) is 10.0. The quantitative estimate of drug-likeness (QED) is 0.853. The van der Waals surface area contributed by atoms with Gasteiger partial charge in [-0.1, -0.05) is 0 Å². The minimum absolute atomic E-state index is 0.0634. The number of aliphatic hydroxyl groups is 1. The number of nitrogens with zero attached hydrogens (tertiary/aromatic N) is 2. The second-order valence-electron chi connectivity index (χ2n) is 5.38. The van der Waals surface area contributed by atoms with Gasteiger partial charge in [-0.2, -0.15) is 0 Å². The van der Waals surface area contributed by atoms with Crippen LogP contribution in [0.5, 0.6) is 0 Å². The molecule has 0 amide bonds. The topological polar surface area (TPSA) is 97.4 Å². The number of furan rings is 1. The molecule has 1 unspecified atom stereocenters. The molecule has 0 radical (unpaired) electrons. The average Bonchev–Trinajstić information content (AvgIpc) is 2.91. The summed E-state index contributed by atoms with van der Waals surface area (Å²) in [6.07, 6.45) is 1.30. The number of rotatable bonds is 5. The summed E-state index contributed by atoms with van der Waals surface area (Å²) >= 11 is 5.74. The highest BCUT2D eigenvalue weighted by Crippen LogP contribution is 2.26. The van der Waals surface area contributed by atoms with E-state index in [1.54, 1.807) is 27.0 Å². The van der Waals surface area contributed by atoms with E-state index in [-0.39, 0.29) is 16.9 Å². The van der Waals surface area contributed by atoms with Crippen LogP contribution in [0.15, 0.2) is 21.7 Å². The normalized spacial score (nSPS) is 15.0. The van der Waals surface area contributed by atoms with Gasteiger partial charge in [-0.3, -0.25) is 0 Å². The minimum Gasteiger partial charge on any atom is -0.466 e. The van der Waals surface area contributed by atoms with Gasteiger partial charge in [0.1, 0.15) is 17.1 Å². The van der Waals surface area contributed by atoms with Crippen LogP contribution in [0.2, 0.25) is 5.28 Å². The molecule has 0 fully saturated rings. The van der Waals surface area contributed by atoms with Crippen LogP contribution in [0.25, 0.3) is 0 Å². The molecule has 0 spiro atoms. The molecule has 7 nitrogen and oxygen atoms in total. The maximum atomic E-state index is 12.2. The number of hydrogen-bond donors (Lipinski definition) is 2. The van der Waals surface area contributed by atoms with E-state index in [1.165, 1.54) is 17.7 Å². The second-order valence-corrected chi connectivity index (χ2v) is 7.44. The molecule has 2 aromatic heterocycles. The van der Waals surface area contributed by atoms with Crippen molar-refractivity contribution in [2.24, 2.45) is 7.05 Å². The lowest BCUT2D eigenvalue weighted by molar-refractivity contribution is 0.0612. The molecular formula is C13H18ClN3O4S. The Kier molecular flexibility index (Phi) is 4.40. The zero-order valence-electron chi connectivity index (χ0n) is 12.7. The number of aryl methyl sites for hydroxylation is 3. The van der Waals surface area contributed by atoms with Crippen molar-refractivity contribution < 1.29 is 17.9 Å². The largest absolute Gasteiger partial charge is 0.466 e. The SMILES string of the molecule is Cc1cc(C(C)(O)CNS(=O)(=O)c2cn(C)c(Cl)n2)c(C)o1. The van der Waals surface area contributed by atoms with Crippen molar-refractivity contribution in [3.63, 3.8) is 0 Å². The van der Waals surface area contributed by atoms with E-state index in [9.17, 15) is 13.5 Å². The molecule has 0 bridgehead atoms. The fraction of sp³-hybridized carbons (Fsp3) is 0.462. The highest BCUT2D eigenvalue weighted by Gasteiger charge is 2.30. The summed E-state index contributed by atoms with van der Waals surface area (Å²) in [7, 11) is -2.28. The highest BCUT2D eigenvalue weighted by molar-refractivity contribution is 7.89. The van der Waals surface area contributed by atoms with Crippen molar-refractivity contribution in [2.75, 3.05) is 6.54 Å². The molecule has 0 saturated carbocycles. The Balaban J connectivity index is 2.19. The van der Waals surface area contributed by atoms with E-state index in [2.05, 4.69) is 9.71 Å². The standard InChI is InChI=1S/C13H18ClN3O4S/c1-8-5-10(9(2)21-8)13(3,18)7-15-22(19,20)11-6-17(4)12(14)16-11/h5-6,15,18H,7H2,1-4H3. The Labute approximate surface area is 134 Å². The zero-order chi connectivity index (χ0) is 16.7. The first-order valence-electron chi connectivity index (χ1n) is 6.51. The van der Waals surface area contributed by atoms with Crippen LogP contribution >= 0.6 is 11.6 Å². The number of nitrogens with one attached hydrogen (secondary N) is 1. The Morgan fingerprint density at radius 2 is 2.14 bits per heavy atom. The van der Waals surface area contributed by atoms with Crippen molar-refractivity contribution in [2.45, 2.75) is 31.4 Å². The van der Waals surface area contributed by atoms with E-state index in [0.717, 1.165) is 0 Å². The number of halogens is 1. The molecule has 22 heavy (non-hydrogen) atoms. The van der Waals surface area contributed by atoms with Crippen LogP contribution in [0.1, 0.15) is 24.0 Å². The summed E-state index contributed by atoms with van der Waals surface area (Å²) in [5, 5.41) is 10.4. The molecule has 2 heterocycles. The fourth-order valence-electron chi connectivity index (χ4n) is 2.12. The summed E-state index contributed by atoms with van der Waals surface area (Å²) in [6, 6.07) is 1.68. The fourth-order valence-corrected chi connectivity index (χ4v) is 3.43. The van der Waals surface area contributed by atoms with Gasteiger partial charge in [-0.25, -0.2) is 18.1 Å². The van der Waals surface area contributed by atoms with Crippen LogP contribution in [0, 0.1) is 13.8 Å². The van der Waals surface area contributed by atoms with E-state index in [1.807, 2.05) is 0 Å². The van der Waals surface area contributed by atoms with Crippen molar-refractivity contribution in [3.05, 3.63) is 34.6 Å². The Morgan fingerprint density at radius 1 is 1.50 bits per heavy atom. The summed E-state index contributed by atoms with van der Waals surface area (Å²) in [4.78, 5) is 3.75. The molecule has 0 aliphatic carbocycles. The van der Waals surface area contributed by atoms with Crippen LogP contribution in [0.3, 0.4) is 0 Å². The van der Waals surface area contributed by atoms with Crippen molar-refractivity contribution >= 4 is 21.6 Å². The van der Waals surface area contributed by atoms with Gasteiger partial charge in [-0.05, 0) is 38.4 Å². The van der Waals surface area contributed by atoms with Gasteiger partial charge < -0.3 is 14.1 Å². The van der Waals surface area contributed by atoms with Crippen LogP contribution in [-0.2, 0) is 22.7 Å². The molecule has 2 aromatic rings. The lowest BCUT2D eigenvalue weighted by Crippen LogP contribution is -2.38. The molecule has 122 valence electrons. The smallest absolute Gasteiger partial charge is 0.259 e. The molecular weight excluding hydrogens is 330 g/mol. The van der Waals surface area contributed by atoms with Gasteiger partial charge in [0.25, 0.3) is 10.0 Å². The molecule has 0 aliphatic heterocycles. The van der Waals surface area contributed by atoms with Gasteiger partial charge in [0.15, 0.2) is 5.03 Å². The Morgan fingerprint density at radius 3 is 2.59 bits per heavy atom. The molecule has 0 aromatic carbocycles. The third-order valence-corrected chi connectivity index (χ3v) is 4.92.